The molecular weight excluding hydrogens is 346 g/mol. The van der Waals surface area contributed by atoms with Crippen LogP contribution in [-0.2, 0) is 6.42 Å². The molecule has 1 aliphatic rings. The lowest BCUT2D eigenvalue weighted by Crippen LogP contribution is -2.29. The molecule has 0 aliphatic heterocycles. The molecule has 3 rings (SSSR count). The number of benzene rings is 1. The second kappa shape index (κ2) is 8.88. The minimum atomic E-state index is -0.108. The lowest BCUT2D eigenvalue weighted by Gasteiger charge is -2.17. The first-order chi connectivity index (χ1) is 13.1. The van der Waals surface area contributed by atoms with E-state index in [9.17, 15) is 4.79 Å². The summed E-state index contributed by atoms with van der Waals surface area (Å²) in [5, 5.41) is 4.09. The monoisotopic (exact) mass is 373 g/mol. The fourth-order valence-electron chi connectivity index (χ4n) is 3.40. The van der Waals surface area contributed by atoms with Gasteiger partial charge < -0.3 is 18.9 Å². The third kappa shape index (κ3) is 4.78. The van der Waals surface area contributed by atoms with Crippen LogP contribution in [0.4, 0.5) is 0 Å². The summed E-state index contributed by atoms with van der Waals surface area (Å²) in [5.41, 5.74) is 0.518. The highest BCUT2D eigenvalue weighted by Gasteiger charge is 2.22. The molecule has 1 saturated carbocycles. The van der Waals surface area contributed by atoms with E-state index in [4.69, 9.17) is 14.0 Å². The zero-order valence-electron chi connectivity index (χ0n) is 16.2. The number of nitrogens with zero attached hydrogens (tertiary/aromatic N) is 3. The summed E-state index contributed by atoms with van der Waals surface area (Å²) < 4.78 is 15.9. The minimum Gasteiger partial charge on any atom is -0.497 e. The maximum Gasteiger partial charge on any atom is 0.253 e. The van der Waals surface area contributed by atoms with Crippen molar-refractivity contribution in [2.45, 2.75) is 44.4 Å². The van der Waals surface area contributed by atoms with Crippen molar-refractivity contribution in [3.63, 3.8) is 0 Å². The number of aromatic nitrogens is 2. The van der Waals surface area contributed by atoms with Gasteiger partial charge in [0, 0.05) is 37.6 Å². The van der Waals surface area contributed by atoms with Crippen molar-refractivity contribution < 1.29 is 18.8 Å². The van der Waals surface area contributed by atoms with Crippen molar-refractivity contribution in [2.24, 2.45) is 0 Å². The number of amides is 1. The normalized spacial score (nSPS) is 14.8. The summed E-state index contributed by atoms with van der Waals surface area (Å²) in [6.45, 7) is 0.502. The Morgan fingerprint density at radius 2 is 1.81 bits per heavy atom. The standard InChI is InChI=1S/C20H27N3O4/c1-23(20(24)15-11-16(25-2)13-17(12-15)26-3)10-9-18-21-19(27-22-18)14-7-5-4-6-8-14/h11-14H,4-10H2,1-3H3. The number of hydrogen-bond donors (Lipinski definition) is 0. The third-order valence-corrected chi connectivity index (χ3v) is 5.05. The average molecular weight is 373 g/mol. The molecule has 146 valence electrons. The number of methoxy groups -OCH3 is 2. The van der Waals surface area contributed by atoms with Crippen molar-refractivity contribution in [1.82, 2.24) is 15.0 Å². The Hall–Kier alpha value is -2.57. The molecule has 1 aromatic carbocycles. The Kier molecular flexibility index (Phi) is 6.32. The minimum absolute atomic E-state index is 0.108. The Morgan fingerprint density at radius 3 is 2.44 bits per heavy atom. The SMILES string of the molecule is COc1cc(OC)cc(C(=O)N(C)CCc2noc(C3CCCCC3)n2)c1. The van der Waals surface area contributed by atoms with Crippen molar-refractivity contribution in [3.05, 3.63) is 35.5 Å². The molecular formula is C20H27N3O4. The van der Waals surface area contributed by atoms with Crippen LogP contribution in [0.15, 0.2) is 22.7 Å². The number of carbonyl (C=O) groups is 1. The molecule has 7 nitrogen and oxygen atoms in total. The van der Waals surface area contributed by atoms with Gasteiger partial charge in [-0.25, -0.2) is 0 Å². The highest BCUT2D eigenvalue weighted by atomic mass is 16.5. The van der Waals surface area contributed by atoms with E-state index in [-0.39, 0.29) is 5.91 Å². The van der Waals surface area contributed by atoms with E-state index in [1.54, 1.807) is 44.4 Å². The molecule has 2 aromatic rings. The maximum atomic E-state index is 12.7. The summed E-state index contributed by atoms with van der Waals surface area (Å²) in [6, 6.07) is 5.15. The van der Waals surface area contributed by atoms with Crippen LogP contribution in [0.3, 0.4) is 0 Å². The number of carbonyl (C=O) groups excluding carboxylic acids is 1. The van der Waals surface area contributed by atoms with Gasteiger partial charge in [0.2, 0.25) is 5.89 Å². The topological polar surface area (TPSA) is 77.7 Å². The third-order valence-electron chi connectivity index (χ3n) is 5.05. The number of ether oxygens (including phenoxy) is 2. The highest BCUT2D eigenvalue weighted by molar-refractivity contribution is 5.95. The van der Waals surface area contributed by atoms with Crippen LogP contribution < -0.4 is 9.47 Å². The Bertz CT molecular complexity index is 746. The molecule has 0 spiro atoms. The molecule has 0 bridgehead atoms. The molecule has 1 aromatic heterocycles. The highest BCUT2D eigenvalue weighted by Crippen LogP contribution is 2.31. The summed E-state index contributed by atoms with van der Waals surface area (Å²) in [7, 11) is 4.89. The fraction of sp³-hybridized carbons (Fsp3) is 0.550. The van der Waals surface area contributed by atoms with Gasteiger partial charge >= 0.3 is 0 Å². The predicted molar refractivity (Wildman–Crippen MR) is 100 cm³/mol. The fourth-order valence-corrected chi connectivity index (χ4v) is 3.40. The Labute approximate surface area is 159 Å². The zero-order valence-corrected chi connectivity index (χ0v) is 16.2. The van der Waals surface area contributed by atoms with E-state index in [1.807, 2.05) is 0 Å². The largest absolute Gasteiger partial charge is 0.497 e. The Morgan fingerprint density at radius 1 is 1.15 bits per heavy atom. The lowest BCUT2D eigenvalue weighted by atomic mass is 9.89. The molecule has 7 heteroatoms. The molecule has 1 aliphatic carbocycles. The first-order valence-corrected chi connectivity index (χ1v) is 9.41. The van der Waals surface area contributed by atoms with Gasteiger partial charge in [-0.3, -0.25) is 4.79 Å². The Balaban J connectivity index is 1.59. The molecule has 0 atom stereocenters. The van der Waals surface area contributed by atoms with E-state index >= 15 is 0 Å². The quantitative estimate of drug-likeness (QED) is 0.740. The average Bonchev–Trinajstić information content (AvgIpc) is 3.20. The number of likely N-dealkylation sites (N-methyl/N-ethyl adjacent to an activating group) is 1. The van der Waals surface area contributed by atoms with Gasteiger partial charge in [-0.15, -0.1) is 0 Å². The molecule has 0 radical (unpaired) electrons. The van der Waals surface area contributed by atoms with E-state index in [0.717, 1.165) is 18.7 Å². The van der Waals surface area contributed by atoms with E-state index in [1.165, 1.54) is 19.3 Å². The van der Waals surface area contributed by atoms with Gasteiger partial charge in [0.05, 0.1) is 14.2 Å². The number of rotatable bonds is 7. The lowest BCUT2D eigenvalue weighted by molar-refractivity contribution is 0.0795. The molecule has 0 saturated heterocycles. The molecule has 1 fully saturated rings. The van der Waals surface area contributed by atoms with E-state index in [2.05, 4.69) is 10.1 Å². The van der Waals surface area contributed by atoms with Crippen LogP contribution in [0.25, 0.3) is 0 Å². The molecule has 27 heavy (non-hydrogen) atoms. The van der Waals surface area contributed by atoms with Crippen LogP contribution in [0, 0.1) is 0 Å². The first-order valence-electron chi connectivity index (χ1n) is 9.41. The van der Waals surface area contributed by atoms with Gasteiger partial charge in [0.1, 0.15) is 11.5 Å². The van der Waals surface area contributed by atoms with Gasteiger partial charge in [-0.1, -0.05) is 24.4 Å². The van der Waals surface area contributed by atoms with Gasteiger partial charge in [0.15, 0.2) is 5.82 Å². The van der Waals surface area contributed by atoms with Gasteiger partial charge in [-0.05, 0) is 25.0 Å². The second-order valence-electron chi connectivity index (χ2n) is 6.96. The maximum absolute atomic E-state index is 12.7. The number of hydrogen-bond acceptors (Lipinski definition) is 6. The second-order valence-corrected chi connectivity index (χ2v) is 6.96. The summed E-state index contributed by atoms with van der Waals surface area (Å²) in [4.78, 5) is 18.9. The van der Waals surface area contributed by atoms with E-state index in [0.29, 0.717) is 41.8 Å². The van der Waals surface area contributed by atoms with Crippen molar-refractivity contribution in [1.29, 1.82) is 0 Å². The zero-order chi connectivity index (χ0) is 19.2. The van der Waals surface area contributed by atoms with Gasteiger partial charge in [0.25, 0.3) is 5.91 Å². The van der Waals surface area contributed by atoms with Gasteiger partial charge in [-0.2, -0.15) is 4.98 Å². The van der Waals surface area contributed by atoms with Crippen LogP contribution in [0.2, 0.25) is 0 Å². The predicted octanol–water partition coefficient (Wildman–Crippen LogP) is 3.45. The smallest absolute Gasteiger partial charge is 0.253 e. The molecule has 1 heterocycles. The molecule has 0 unspecified atom stereocenters. The van der Waals surface area contributed by atoms with Crippen molar-refractivity contribution in [3.8, 4) is 11.5 Å². The van der Waals surface area contributed by atoms with Crippen LogP contribution in [0.1, 0.15) is 60.1 Å². The first kappa shape index (κ1) is 19.2. The van der Waals surface area contributed by atoms with Crippen LogP contribution in [-0.4, -0.2) is 48.8 Å². The molecule has 0 N–H and O–H groups in total. The summed E-state index contributed by atoms with van der Waals surface area (Å²) in [6.07, 6.45) is 6.54. The molecule has 1 amide bonds. The van der Waals surface area contributed by atoms with Crippen molar-refractivity contribution >= 4 is 5.91 Å². The van der Waals surface area contributed by atoms with Crippen LogP contribution in [0.5, 0.6) is 11.5 Å². The summed E-state index contributed by atoms with van der Waals surface area (Å²) >= 11 is 0. The van der Waals surface area contributed by atoms with Crippen LogP contribution >= 0.6 is 0 Å². The summed E-state index contributed by atoms with van der Waals surface area (Å²) in [5.74, 6) is 2.85. The van der Waals surface area contributed by atoms with E-state index < -0.39 is 0 Å². The van der Waals surface area contributed by atoms with Crippen molar-refractivity contribution in [2.75, 3.05) is 27.8 Å².